The Hall–Kier alpha value is -2.39. The maximum Gasteiger partial charge on any atom is 0.360 e. The van der Waals surface area contributed by atoms with Crippen LogP contribution in [0.5, 0.6) is 0 Å². The number of hydrogen-bond acceptors (Lipinski definition) is 6. The van der Waals surface area contributed by atoms with Gasteiger partial charge >= 0.3 is 12.0 Å². The zero-order valence-electron chi connectivity index (χ0n) is 14.5. The molecule has 2 rings (SSSR count). The molecule has 0 aliphatic heterocycles. The molecule has 0 saturated carbocycles. The second kappa shape index (κ2) is 9.93. The van der Waals surface area contributed by atoms with Gasteiger partial charge in [0.15, 0.2) is 5.69 Å². The highest BCUT2D eigenvalue weighted by Crippen LogP contribution is 2.22. The van der Waals surface area contributed by atoms with E-state index in [4.69, 9.17) is 9.15 Å². The number of para-hydroxylation sites is 1. The summed E-state index contributed by atoms with van der Waals surface area (Å²) in [7, 11) is 2.86. The van der Waals surface area contributed by atoms with E-state index >= 15 is 0 Å². The highest BCUT2D eigenvalue weighted by atomic mass is 79.9. The van der Waals surface area contributed by atoms with Crippen molar-refractivity contribution in [2.75, 3.05) is 32.7 Å². The lowest BCUT2D eigenvalue weighted by molar-refractivity contribution is 0.0594. The fourth-order valence-electron chi connectivity index (χ4n) is 2.15. The monoisotopic (exact) mass is 425 g/mol. The van der Waals surface area contributed by atoms with Crippen LogP contribution in [0.2, 0.25) is 0 Å². The van der Waals surface area contributed by atoms with Gasteiger partial charge in [-0.15, -0.1) is 0 Å². The predicted molar refractivity (Wildman–Crippen MR) is 97.9 cm³/mol. The first-order valence-corrected chi connectivity index (χ1v) is 8.66. The van der Waals surface area contributed by atoms with Crippen molar-refractivity contribution in [1.82, 2.24) is 9.88 Å². The summed E-state index contributed by atoms with van der Waals surface area (Å²) < 4.78 is 15.7. The SMILES string of the molecule is COCCCN(Cc1nc(C(=O)OC)co1)C(=O)Nc1ccccc1Br. The third-order valence-corrected chi connectivity index (χ3v) is 4.14. The number of nitrogens with zero attached hydrogens (tertiary/aromatic N) is 2. The number of benzene rings is 1. The Bertz CT molecular complexity index is 750. The van der Waals surface area contributed by atoms with Gasteiger partial charge < -0.3 is 24.1 Å². The standard InChI is InChI=1S/C17H20BrN3O5/c1-24-9-5-8-21(10-15-19-14(11-26-15)16(22)25-2)17(23)20-13-7-4-3-6-12(13)18/h3-4,6-7,11H,5,8-10H2,1-2H3,(H,20,23). The molecule has 0 radical (unpaired) electrons. The molecule has 0 spiro atoms. The van der Waals surface area contributed by atoms with Crippen LogP contribution in [0.15, 0.2) is 39.4 Å². The summed E-state index contributed by atoms with van der Waals surface area (Å²) in [5.74, 6) is -0.353. The number of carbonyl (C=O) groups is 2. The number of esters is 1. The van der Waals surface area contributed by atoms with Gasteiger partial charge in [0.2, 0.25) is 5.89 Å². The van der Waals surface area contributed by atoms with E-state index in [2.05, 4.69) is 31.0 Å². The minimum absolute atomic E-state index is 0.0607. The summed E-state index contributed by atoms with van der Waals surface area (Å²) >= 11 is 3.40. The van der Waals surface area contributed by atoms with E-state index in [0.717, 1.165) is 4.47 Å². The average molecular weight is 426 g/mol. The number of halogens is 1. The van der Waals surface area contributed by atoms with Crippen LogP contribution in [0, 0.1) is 0 Å². The van der Waals surface area contributed by atoms with Gasteiger partial charge in [-0.25, -0.2) is 14.6 Å². The summed E-state index contributed by atoms with van der Waals surface area (Å²) in [6.45, 7) is 1.05. The van der Waals surface area contributed by atoms with Crippen molar-refractivity contribution in [2.45, 2.75) is 13.0 Å². The molecule has 0 bridgehead atoms. The summed E-state index contributed by atoms with van der Waals surface area (Å²) in [5, 5.41) is 2.84. The molecular weight excluding hydrogens is 406 g/mol. The van der Waals surface area contributed by atoms with Crippen molar-refractivity contribution in [3.05, 3.63) is 46.6 Å². The Morgan fingerprint density at radius 2 is 2.08 bits per heavy atom. The number of oxazole rings is 1. The molecule has 0 atom stereocenters. The highest BCUT2D eigenvalue weighted by Gasteiger charge is 2.19. The van der Waals surface area contributed by atoms with E-state index in [1.54, 1.807) is 13.2 Å². The lowest BCUT2D eigenvalue weighted by Crippen LogP contribution is -2.36. The minimum atomic E-state index is -0.594. The van der Waals surface area contributed by atoms with Crippen molar-refractivity contribution in [3.8, 4) is 0 Å². The number of nitrogens with one attached hydrogen (secondary N) is 1. The maximum atomic E-state index is 12.7. The fraction of sp³-hybridized carbons (Fsp3) is 0.353. The van der Waals surface area contributed by atoms with Crippen LogP contribution in [-0.2, 0) is 16.0 Å². The largest absolute Gasteiger partial charge is 0.464 e. The Morgan fingerprint density at radius 1 is 1.31 bits per heavy atom. The second-order valence-corrected chi connectivity index (χ2v) is 6.15. The second-order valence-electron chi connectivity index (χ2n) is 5.30. The molecule has 1 aromatic carbocycles. The maximum absolute atomic E-state index is 12.7. The number of aromatic nitrogens is 1. The third-order valence-electron chi connectivity index (χ3n) is 3.45. The predicted octanol–water partition coefficient (Wildman–Crippen LogP) is 3.29. The molecule has 0 unspecified atom stereocenters. The lowest BCUT2D eigenvalue weighted by Gasteiger charge is -2.22. The Balaban J connectivity index is 2.09. The van der Waals surface area contributed by atoms with Crippen LogP contribution >= 0.6 is 15.9 Å². The molecule has 9 heteroatoms. The molecule has 0 saturated heterocycles. The molecule has 0 aliphatic rings. The van der Waals surface area contributed by atoms with E-state index in [-0.39, 0.29) is 24.2 Å². The summed E-state index contributed by atoms with van der Waals surface area (Å²) in [5.41, 5.74) is 0.711. The first-order chi connectivity index (χ1) is 12.5. The molecule has 1 heterocycles. The zero-order valence-corrected chi connectivity index (χ0v) is 16.1. The van der Waals surface area contributed by atoms with Crippen molar-refractivity contribution in [3.63, 3.8) is 0 Å². The van der Waals surface area contributed by atoms with Gasteiger partial charge in [-0.05, 0) is 34.5 Å². The quantitative estimate of drug-likeness (QED) is 0.514. The molecule has 1 N–H and O–H groups in total. The number of urea groups is 1. The van der Waals surface area contributed by atoms with Gasteiger partial charge in [-0.1, -0.05) is 12.1 Å². The number of carbonyl (C=O) groups excluding carboxylic acids is 2. The third kappa shape index (κ3) is 5.57. The number of hydrogen-bond donors (Lipinski definition) is 1. The molecule has 0 aliphatic carbocycles. The molecule has 2 aromatic rings. The van der Waals surface area contributed by atoms with Gasteiger partial charge in [0.25, 0.3) is 0 Å². The normalized spacial score (nSPS) is 10.4. The fourth-order valence-corrected chi connectivity index (χ4v) is 2.54. The minimum Gasteiger partial charge on any atom is -0.464 e. The number of ether oxygens (including phenoxy) is 2. The lowest BCUT2D eigenvalue weighted by atomic mass is 10.3. The van der Waals surface area contributed by atoms with Gasteiger partial charge in [-0.3, -0.25) is 0 Å². The van der Waals surface area contributed by atoms with Gasteiger partial charge in [0.05, 0.1) is 19.3 Å². The van der Waals surface area contributed by atoms with Crippen molar-refractivity contribution >= 4 is 33.6 Å². The Kier molecular flexibility index (Phi) is 7.61. The van der Waals surface area contributed by atoms with Crippen LogP contribution in [0.3, 0.4) is 0 Å². The molecule has 0 fully saturated rings. The number of anilines is 1. The molecule has 8 nitrogen and oxygen atoms in total. The summed E-state index contributed by atoms with van der Waals surface area (Å²) in [4.78, 5) is 29.7. The van der Waals surface area contributed by atoms with Crippen LogP contribution < -0.4 is 5.32 Å². The van der Waals surface area contributed by atoms with Crippen molar-refractivity contribution < 1.29 is 23.5 Å². The Labute approximate surface area is 159 Å². The van der Waals surface area contributed by atoms with Crippen molar-refractivity contribution in [2.24, 2.45) is 0 Å². The molecule has 1 aromatic heterocycles. The number of amides is 2. The van der Waals surface area contributed by atoms with Crippen molar-refractivity contribution in [1.29, 1.82) is 0 Å². The molecule has 140 valence electrons. The van der Waals surface area contributed by atoms with Crippen LogP contribution in [0.1, 0.15) is 22.8 Å². The van der Waals surface area contributed by atoms with Crippen LogP contribution in [0.25, 0.3) is 0 Å². The average Bonchev–Trinajstić information content (AvgIpc) is 3.11. The molecule has 26 heavy (non-hydrogen) atoms. The van der Waals surface area contributed by atoms with Gasteiger partial charge in [0.1, 0.15) is 6.26 Å². The molecular formula is C17H20BrN3O5. The van der Waals surface area contributed by atoms with Crippen LogP contribution in [0.4, 0.5) is 10.5 Å². The number of methoxy groups -OCH3 is 2. The van der Waals surface area contributed by atoms with E-state index in [9.17, 15) is 9.59 Å². The van der Waals surface area contributed by atoms with Crippen LogP contribution in [-0.4, -0.2) is 49.3 Å². The number of rotatable bonds is 8. The molecule has 2 amide bonds. The topological polar surface area (TPSA) is 93.9 Å². The Morgan fingerprint density at radius 3 is 2.77 bits per heavy atom. The van der Waals surface area contributed by atoms with E-state index in [0.29, 0.717) is 25.3 Å². The van der Waals surface area contributed by atoms with E-state index < -0.39 is 5.97 Å². The highest BCUT2D eigenvalue weighted by molar-refractivity contribution is 9.10. The first-order valence-electron chi connectivity index (χ1n) is 7.87. The smallest absolute Gasteiger partial charge is 0.360 e. The van der Waals surface area contributed by atoms with Gasteiger partial charge in [0, 0.05) is 24.7 Å². The van der Waals surface area contributed by atoms with Gasteiger partial charge in [-0.2, -0.15) is 0 Å². The summed E-state index contributed by atoms with van der Waals surface area (Å²) in [6.07, 6.45) is 1.85. The summed E-state index contributed by atoms with van der Waals surface area (Å²) in [6, 6.07) is 6.99. The zero-order chi connectivity index (χ0) is 18.9. The first kappa shape index (κ1) is 19.9. The van der Waals surface area contributed by atoms with E-state index in [1.807, 2.05) is 18.2 Å². The van der Waals surface area contributed by atoms with E-state index in [1.165, 1.54) is 18.3 Å².